The average Bonchev–Trinajstić information content (AvgIpc) is 2.76. The van der Waals surface area contributed by atoms with Crippen LogP contribution in [-0.4, -0.2) is 25.9 Å². The Balaban J connectivity index is 2.27. The maximum atomic E-state index is 11.4. The van der Waals surface area contributed by atoms with Crippen molar-refractivity contribution in [1.82, 2.24) is 0 Å². The summed E-state index contributed by atoms with van der Waals surface area (Å²) in [4.78, 5) is 13.0. The van der Waals surface area contributed by atoms with Crippen LogP contribution in [0.4, 0.5) is 10.5 Å². The van der Waals surface area contributed by atoms with Gasteiger partial charge in [-0.1, -0.05) is 0 Å². The second-order valence-corrected chi connectivity index (χ2v) is 3.70. The highest BCUT2D eigenvalue weighted by molar-refractivity contribution is 5.89. The second kappa shape index (κ2) is 5.05. The Morgan fingerprint density at radius 2 is 2.35 bits per heavy atom. The molecule has 0 bridgehead atoms. The van der Waals surface area contributed by atoms with E-state index in [0.29, 0.717) is 26.3 Å². The SMILES string of the molecule is CCOc1ccc(N2CCOC2=O)cc1CN. The Morgan fingerprint density at radius 1 is 1.53 bits per heavy atom. The number of nitrogens with zero attached hydrogens (tertiary/aromatic N) is 1. The number of cyclic esters (lactones) is 1. The quantitative estimate of drug-likeness (QED) is 0.860. The van der Waals surface area contributed by atoms with Gasteiger partial charge in [-0.3, -0.25) is 4.90 Å². The summed E-state index contributed by atoms with van der Waals surface area (Å²) in [5.41, 5.74) is 7.36. The lowest BCUT2D eigenvalue weighted by Crippen LogP contribution is -2.23. The van der Waals surface area contributed by atoms with Crippen molar-refractivity contribution < 1.29 is 14.3 Å². The van der Waals surface area contributed by atoms with Crippen LogP contribution in [0.25, 0.3) is 0 Å². The van der Waals surface area contributed by atoms with E-state index in [9.17, 15) is 4.79 Å². The number of hydrogen-bond donors (Lipinski definition) is 1. The van der Waals surface area contributed by atoms with E-state index in [0.717, 1.165) is 17.0 Å². The summed E-state index contributed by atoms with van der Waals surface area (Å²) in [6.07, 6.45) is -0.308. The zero-order chi connectivity index (χ0) is 12.3. The smallest absolute Gasteiger partial charge is 0.414 e. The third kappa shape index (κ3) is 2.34. The summed E-state index contributed by atoms with van der Waals surface area (Å²) < 4.78 is 10.4. The molecular formula is C12H16N2O3. The van der Waals surface area contributed by atoms with E-state index < -0.39 is 0 Å². The van der Waals surface area contributed by atoms with Gasteiger partial charge >= 0.3 is 6.09 Å². The van der Waals surface area contributed by atoms with Gasteiger partial charge in [0.1, 0.15) is 12.4 Å². The molecule has 92 valence electrons. The summed E-state index contributed by atoms with van der Waals surface area (Å²) >= 11 is 0. The van der Waals surface area contributed by atoms with Gasteiger partial charge in [0.25, 0.3) is 0 Å². The Morgan fingerprint density at radius 3 is 2.94 bits per heavy atom. The fourth-order valence-electron chi connectivity index (χ4n) is 1.82. The molecular weight excluding hydrogens is 220 g/mol. The predicted molar refractivity (Wildman–Crippen MR) is 64.2 cm³/mol. The van der Waals surface area contributed by atoms with Gasteiger partial charge in [-0.2, -0.15) is 0 Å². The summed E-state index contributed by atoms with van der Waals surface area (Å²) in [7, 11) is 0. The lowest BCUT2D eigenvalue weighted by molar-refractivity contribution is 0.181. The molecule has 0 atom stereocenters. The van der Waals surface area contributed by atoms with E-state index in [1.165, 1.54) is 0 Å². The largest absolute Gasteiger partial charge is 0.494 e. The number of hydrogen-bond acceptors (Lipinski definition) is 4. The molecule has 1 aromatic rings. The Hall–Kier alpha value is -1.75. The molecule has 17 heavy (non-hydrogen) atoms. The van der Waals surface area contributed by atoms with Crippen LogP contribution in [0.3, 0.4) is 0 Å². The molecule has 1 aromatic carbocycles. The van der Waals surface area contributed by atoms with Crippen LogP contribution >= 0.6 is 0 Å². The number of carbonyl (C=O) groups is 1. The molecule has 0 radical (unpaired) electrons. The Labute approximate surface area is 100 Å². The van der Waals surface area contributed by atoms with Crippen molar-refractivity contribution in [2.24, 2.45) is 5.73 Å². The molecule has 0 saturated carbocycles. The molecule has 0 spiro atoms. The lowest BCUT2D eigenvalue weighted by atomic mass is 10.1. The third-order valence-electron chi connectivity index (χ3n) is 2.64. The molecule has 2 N–H and O–H groups in total. The van der Waals surface area contributed by atoms with Crippen LogP contribution in [0.1, 0.15) is 12.5 Å². The normalized spacial score (nSPS) is 14.9. The van der Waals surface area contributed by atoms with Gasteiger partial charge in [0.05, 0.1) is 13.2 Å². The van der Waals surface area contributed by atoms with Crippen LogP contribution in [0, 0.1) is 0 Å². The van der Waals surface area contributed by atoms with Crippen molar-refractivity contribution in [3.8, 4) is 5.75 Å². The number of carbonyl (C=O) groups excluding carboxylic acids is 1. The molecule has 1 aliphatic heterocycles. The minimum atomic E-state index is -0.308. The zero-order valence-corrected chi connectivity index (χ0v) is 9.81. The van der Waals surface area contributed by atoms with E-state index in [4.69, 9.17) is 15.2 Å². The first kappa shape index (κ1) is 11.7. The molecule has 1 saturated heterocycles. The molecule has 1 fully saturated rings. The number of rotatable bonds is 4. The highest BCUT2D eigenvalue weighted by Crippen LogP contribution is 2.26. The number of amides is 1. The van der Waals surface area contributed by atoms with Crippen molar-refractivity contribution in [1.29, 1.82) is 0 Å². The van der Waals surface area contributed by atoms with Crippen molar-refractivity contribution in [2.75, 3.05) is 24.7 Å². The van der Waals surface area contributed by atoms with Crippen LogP contribution < -0.4 is 15.4 Å². The maximum absolute atomic E-state index is 11.4. The van der Waals surface area contributed by atoms with Gasteiger partial charge in [0.2, 0.25) is 0 Å². The molecule has 1 aliphatic rings. The monoisotopic (exact) mass is 236 g/mol. The highest BCUT2D eigenvalue weighted by Gasteiger charge is 2.24. The van der Waals surface area contributed by atoms with Gasteiger partial charge in [0, 0.05) is 17.8 Å². The van der Waals surface area contributed by atoms with E-state index in [2.05, 4.69) is 0 Å². The van der Waals surface area contributed by atoms with Crippen molar-refractivity contribution in [3.05, 3.63) is 23.8 Å². The third-order valence-corrected chi connectivity index (χ3v) is 2.64. The number of anilines is 1. The van der Waals surface area contributed by atoms with Crippen LogP contribution in [0.5, 0.6) is 5.75 Å². The van der Waals surface area contributed by atoms with Crippen LogP contribution in [-0.2, 0) is 11.3 Å². The second-order valence-electron chi connectivity index (χ2n) is 3.70. The van der Waals surface area contributed by atoms with Gasteiger partial charge in [0.15, 0.2) is 0 Å². The van der Waals surface area contributed by atoms with Gasteiger partial charge in [-0.15, -0.1) is 0 Å². The summed E-state index contributed by atoms with van der Waals surface area (Å²) in [6.45, 7) is 3.91. The summed E-state index contributed by atoms with van der Waals surface area (Å²) in [5, 5.41) is 0. The molecule has 5 nitrogen and oxygen atoms in total. The van der Waals surface area contributed by atoms with Crippen LogP contribution in [0.15, 0.2) is 18.2 Å². The predicted octanol–water partition coefficient (Wildman–Crippen LogP) is 1.50. The minimum absolute atomic E-state index is 0.308. The fourth-order valence-corrected chi connectivity index (χ4v) is 1.82. The molecule has 0 unspecified atom stereocenters. The molecule has 0 aliphatic carbocycles. The first-order valence-corrected chi connectivity index (χ1v) is 5.66. The van der Waals surface area contributed by atoms with E-state index in [1.807, 2.05) is 25.1 Å². The number of ether oxygens (including phenoxy) is 2. The van der Waals surface area contributed by atoms with Crippen molar-refractivity contribution in [2.45, 2.75) is 13.5 Å². The number of benzene rings is 1. The first-order chi connectivity index (χ1) is 8.26. The minimum Gasteiger partial charge on any atom is -0.494 e. The van der Waals surface area contributed by atoms with E-state index in [-0.39, 0.29) is 6.09 Å². The topological polar surface area (TPSA) is 64.8 Å². The molecule has 0 aromatic heterocycles. The van der Waals surface area contributed by atoms with Crippen molar-refractivity contribution in [3.63, 3.8) is 0 Å². The lowest BCUT2D eigenvalue weighted by Gasteiger charge is -2.16. The molecule has 5 heteroatoms. The zero-order valence-electron chi connectivity index (χ0n) is 9.81. The fraction of sp³-hybridized carbons (Fsp3) is 0.417. The van der Waals surface area contributed by atoms with Gasteiger partial charge in [-0.25, -0.2) is 4.79 Å². The Kier molecular flexibility index (Phi) is 3.49. The van der Waals surface area contributed by atoms with Gasteiger partial charge < -0.3 is 15.2 Å². The first-order valence-electron chi connectivity index (χ1n) is 5.66. The highest BCUT2D eigenvalue weighted by atomic mass is 16.6. The van der Waals surface area contributed by atoms with Crippen molar-refractivity contribution >= 4 is 11.8 Å². The van der Waals surface area contributed by atoms with Crippen LogP contribution in [0.2, 0.25) is 0 Å². The summed E-state index contributed by atoms with van der Waals surface area (Å²) in [5.74, 6) is 0.770. The van der Waals surface area contributed by atoms with E-state index >= 15 is 0 Å². The molecule has 1 heterocycles. The number of nitrogens with two attached hydrogens (primary N) is 1. The standard InChI is InChI=1S/C12H16N2O3/c1-2-16-11-4-3-10(7-9(11)8-13)14-5-6-17-12(14)15/h3-4,7H,2,5-6,8,13H2,1H3. The maximum Gasteiger partial charge on any atom is 0.414 e. The van der Waals surface area contributed by atoms with Gasteiger partial charge in [-0.05, 0) is 25.1 Å². The average molecular weight is 236 g/mol. The Bertz CT molecular complexity index is 420. The summed E-state index contributed by atoms with van der Waals surface area (Å²) in [6, 6.07) is 5.56. The molecule has 2 rings (SSSR count). The molecule has 1 amide bonds. The van der Waals surface area contributed by atoms with E-state index in [1.54, 1.807) is 4.90 Å².